The van der Waals surface area contributed by atoms with E-state index in [1.807, 2.05) is 62.4 Å². The first kappa shape index (κ1) is 17.8. The lowest BCUT2D eigenvalue weighted by Crippen LogP contribution is -1.89. The van der Waals surface area contributed by atoms with Crippen molar-refractivity contribution in [2.75, 3.05) is 0 Å². The molecule has 2 aromatic rings. The van der Waals surface area contributed by atoms with E-state index >= 15 is 0 Å². The highest BCUT2D eigenvalue weighted by Gasteiger charge is 2.15. The van der Waals surface area contributed by atoms with Gasteiger partial charge in [-0.2, -0.15) is 0 Å². The topological polar surface area (TPSA) is 28.7 Å². The van der Waals surface area contributed by atoms with Crippen LogP contribution in [0.3, 0.4) is 0 Å². The highest BCUT2D eigenvalue weighted by molar-refractivity contribution is 6.30. The average Bonchev–Trinajstić information content (AvgIpc) is 3.03. The molecule has 122 valence electrons. The average molecular weight is 337 g/mol. The zero-order valence-corrected chi connectivity index (χ0v) is 14.8. The quantitative estimate of drug-likeness (QED) is 0.602. The lowest BCUT2D eigenvalue weighted by molar-refractivity contribution is 1.29. The van der Waals surface area contributed by atoms with E-state index in [1.54, 1.807) is 12.2 Å². The standard InChI is InChI=1S/C21H21ClN2/c1-5-9-15(7-3)19-20(16(8-4)10-6-2)24-21(23-19)17-11-13-18(22)14-12-17/h5-14H,1,3H2,2,4H3,(H,23,24). The van der Waals surface area contributed by atoms with Crippen LogP contribution in [0.5, 0.6) is 0 Å². The molecule has 2 nitrogen and oxygen atoms in total. The number of benzene rings is 1. The molecule has 0 radical (unpaired) electrons. The maximum Gasteiger partial charge on any atom is 0.138 e. The summed E-state index contributed by atoms with van der Waals surface area (Å²) in [5, 5.41) is 0.701. The van der Waals surface area contributed by atoms with Crippen LogP contribution in [0.4, 0.5) is 0 Å². The molecule has 0 aliphatic heterocycles. The van der Waals surface area contributed by atoms with Gasteiger partial charge in [0.25, 0.3) is 0 Å². The fourth-order valence-electron chi connectivity index (χ4n) is 2.41. The van der Waals surface area contributed by atoms with E-state index in [2.05, 4.69) is 18.1 Å². The number of aromatic amines is 1. The monoisotopic (exact) mass is 336 g/mol. The maximum atomic E-state index is 5.98. The number of nitrogens with one attached hydrogen (secondary N) is 1. The first-order valence-corrected chi connectivity index (χ1v) is 8.13. The van der Waals surface area contributed by atoms with Crippen molar-refractivity contribution in [2.45, 2.75) is 13.8 Å². The van der Waals surface area contributed by atoms with Crippen molar-refractivity contribution in [1.29, 1.82) is 0 Å². The molecule has 1 heterocycles. The van der Waals surface area contributed by atoms with Crippen molar-refractivity contribution in [3.8, 4) is 11.4 Å². The Balaban J connectivity index is 2.67. The normalized spacial score (nSPS) is 12.6. The molecule has 1 aromatic carbocycles. The van der Waals surface area contributed by atoms with Gasteiger partial charge < -0.3 is 4.98 Å². The van der Waals surface area contributed by atoms with E-state index in [4.69, 9.17) is 16.6 Å². The van der Waals surface area contributed by atoms with Gasteiger partial charge in [-0.25, -0.2) is 4.98 Å². The molecular weight excluding hydrogens is 316 g/mol. The van der Waals surface area contributed by atoms with Crippen LogP contribution in [0.1, 0.15) is 25.2 Å². The zero-order valence-electron chi connectivity index (χ0n) is 14.0. The van der Waals surface area contributed by atoms with Gasteiger partial charge in [-0.3, -0.25) is 0 Å². The maximum absolute atomic E-state index is 5.98. The second-order valence-corrected chi connectivity index (χ2v) is 5.56. The van der Waals surface area contributed by atoms with E-state index in [0.717, 1.165) is 33.9 Å². The van der Waals surface area contributed by atoms with Gasteiger partial charge >= 0.3 is 0 Å². The van der Waals surface area contributed by atoms with Crippen LogP contribution in [0.2, 0.25) is 5.02 Å². The molecule has 1 aromatic heterocycles. The van der Waals surface area contributed by atoms with Gasteiger partial charge in [-0.15, -0.1) is 0 Å². The Kier molecular flexibility index (Phi) is 6.16. The summed E-state index contributed by atoms with van der Waals surface area (Å²) in [6.07, 6.45) is 11.5. The van der Waals surface area contributed by atoms with Crippen LogP contribution in [0, 0.1) is 0 Å². The van der Waals surface area contributed by atoms with E-state index < -0.39 is 0 Å². The van der Waals surface area contributed by atoms with Gasteiger partial charge in [-0.05, 0) is 49.3 Å². The Bertz CT molecular complexity index is 818. The molecule has 0 aliphatic rings. The van der Waals surface area contributed by atoms with E-state index in [1.165, 1.54) is 0 Å². The number of H-pyrrole nitrogens is 1. The molecule has 0 saturated carbocycles. The minimum absolute atomic E-state index is 0.701. The lowest BCUT2D eigenvalue weighted by Gasteiger charge is -2.03. The molecule has 0 bridgehead atoms. The summed E-state index contributed by atoms with van der Waals surface area (Å²) in [6, 6.07) is 7.61. The van der Waals surface area contributed by atoms with Crippen molar-refractivity contribution in [2.24, 2.45) is 0 Å². The number of halogens is 1. The van der Waals surface area contributed by atoms with Gasteiger partial charge in [0.1, 0.15) is 5.82 Å². The Morgan fingerprint density at radius 1 is 1.12 bits per heavy atom. The lowest BCUT2D eigenvalue weighted by atomic mass is 10.0. The molecule has 0 saturated heterocycles. The molecule has 1 N–H and O–H groups in total. The molecule has 3 heteroatoms. The molecule has 24 heavy (non-hydrogen) atoms. The SMILES string of the molecule is C=CC=C(C=C)c1[nH]c(-c2ccc(Cl)cc2)nc1C(C=CC)=CC. The Labute approximate surface area is 148 Å². The summed E-state index contributed by atoms with van der Waals surface area (Å²) in [4.78, 5) is 8.22. The van der Waals surface area contributed by atoms with E-state index in [-0.39, 0.29) is 0 Å². The predicted molar refractivity (Wildman–Crippen MR) is 106 cm³/mol. The summed E-state index contributed by atoms with van der Waals surface area (Å²) in [6.45, 7) is 11.7. The second-order valence-electron chi connectivity index (χ2n) is 5.12. The highest BCUT2D eigenvalue weighted by atomic mass is 35.5. The van der Waals surface area contributed by atoms with Crippen LogP contribution in [0.25, 0.3) is 22.5 Å². The van der Waals surface area contributed by atoms with Crippen LogP contribution < -0.4 is 0 Å². The van der Waals surface area contributed by atoms with Crippen LogP contribution >= 0.6 is 11.6 Å². The minimum Gasteiger partial charge on any atom is -0.337 e. The third kappa shape index (κ3) is 3.84. The van der Waals surface area contributed by atoms with Gasteiger partial charge in [0.05, 0.1) is 11.4 Å². The summed E-state index contributed by atoms with van der Waals surface area (Å²) in [7, 11) is 0. The van der Waals surface area contributed by atoms with Crippen molar-refractivity contribution in [1.82, 2.24) is 9.97 Å². The summed E-state index contributed by atoms with van der Waals surface area (Å²) >= 11 is 5.98. The molecule has 0 amide bonds. The zero-order chi connectivity index (χ0) is 17.5. The number of hydrogen-bond donors (Lipinski definition) is 1. The molecule has 0 aliphatic carbocycles. The van der Waals surface area contributed by atoms with Crippen molar-refractivity contribution >= 4 is 22.7 Å². The van der Waals surface area contributed by atoms with Crippen LogP contribution in [-0.2, 0) is 0 Å². The number of allylic oxidation sites excluding steroid dienone is 8. The van der Waals surface area contributed by atoms with E-state index in [9.17, 15) is 0 Å². The number of hydrogen-bond acceptors (Lipinski definition) is 1. The summed E-state index contributed by atoms with van der Waals surface area (Å²) in [5.41, 5.74) is 4.76. The number of nitrogens with zero attached hydrogens (tertiary/aromatic N) is 1. The fourth-order valence-corrected chi connectivity index (χ4v) is 2.53. The highest BCUT2D eigenvalue weighted by Crippen LogP contribution is 2.29. The van der Waals surface area contributed by atoms with Crippen LogP contribution in [0.15, 0.2) is 73.9 Å². The molecule has 0 spiro atoms. The number of rotatable bonds is 6. The smallest absolute Gasteiger partial charge is 0.138 e. The van der Waals surface area contributed by atoms with Crippen molar-refractivity contribution in [3.05, 3.63) is 90.3 Å². The largest absolute Gasteiger partial charge is 0.337 e. The Morgan fingerprint density at radius 2 is 1.83 bits per heavy atom. The first-order valence-electron chi connectivity index (χ1n) is 7.75. The molecule has 0 unspecified atom stereocenters. The van der Waals surface area contributed by atoms with Crippen molar-refractivity contribution in [3.63, 3.8) is 0 Å². The van der Waals surface area contributed by atoms with E-state index in [0.29, 0.717) is 5.02 Å². The number of imidazole rings is 1. The Morgan fingerprint density at radius 3 is 2.38 bits per heavy atom. The minimum atomic E-state index is 0.701. The van der Waals surface area contributed by atoms with Crippen LogP contribution in [-0.4, -0.2) is 9.97 Å². The summed E-state index contributed by atoms with van der Waals surface area (Å²) in [5.74, 6) is 0.789. The molecule has 0 fully saturated rings. The molecule has 0 atom stereocenters. The van der Waals surface area contributed by atoms with Crippen molar-refractivity contribution < 1.29 is 0 Å². The summed E-state index contributed by atoms with van der Waals surface area (Å²) < 4.78 is 0. The van der Waals surface area contributed by atoms with Gasteiger partial charge in [-0.1, -0.05) is 61.2 Å². The van der Waals surface area contributed by atoms with Gasteiger partial charge in [0.15, 0.2) is 0 Å². The third-order valence-corrected chi connectivity index (χ3v) is 3.81. The molecule has 2 rings (SSSR count). The fraction of sp³-hybridized carbons (Fsp3) is 0.0952. The Hall–Kier alpha value is -2.58. The second kappa shape index (κ2) is 8.32. The van der Waals surface area contributed by atoms with Gasteiger partial charge in [0, 0.05) is 10.6 Å². The number of aromatic nitrogens is 2. The first-order chi connectivity index (χ1) is 11.6. The molecular formula is C21H21ClN2. The predicted octanol–water partition coefficient (Wildman–Crippen LogP) is 6.46. The van der Waals surface area contributed by atoms with Gasteiger partial charge in [0.2, 0.25) is 0 Å². The third-order valence-electron chi connectivity index (χ3n) is 3.56.